The van der Waals surface area contributed by atoms with E-state index in [4.69, 9.17) is 0 Å². The zero-order valence-corrected chi connectivity index (χ0v) is 23.2. The predicted octanol–water partition coefficient (Wildman–Crippen LogP) is -11.7. The first-order chi connectivity index (χ1) is 3.13. The molecule has 0 aromatic heterocycles. The van der Waals surface area contributed by atoms with Gasteiger partial charge in [0, 0.05) is 13.8 Å². The van der Waals surface area contributed by atoms with Gasteiger partial charge in [0.15, 0.2) is 0 Å². The molecule has 0 aromatic rings. The third-order valence-electron chi connectivity index (χ3n) is 0.287. The van der Waals surface area contributed by atoms with Crippen LogP contribution in [0.3, 0.4) is 0 Å². The van der Waals surface area contributed by atoms with Crippen LogP contribution in [0, 0.1) is 0 Å². The molecular weight excluding hydrogens is 284 g/mol. The summed E-state index contributed by atoms with van der Waals surface area (Å²) in [6, 6.07) is 0. The van der Waals surface area contributed by atoms with Gasteiger partial charge in [0.2, 0.25) is 0 Å². The third kappa shape index (κ3) is 45.8. The number of carbonyl (C=O) groups is 2. The summed E-state index contributed by atoms with van der Waals surface area (Å²) in [4.78, 5) is 19.6. The van der Waals surface area contributed by atoms with E-state index in [1.54, 1.807) is 0 Å². The molecule has 0 fully saturated rings. The third-order valence-corrected chi connectivity index (χ3v) is 0.287. The van der Waals surface area contributed by atoms with Crippen LogP contribution in [0.5, 0.6) is 0 Å². The molecule has 0 aromatic carbocycles. The molecular formula is C4H14Ca2KNa3O3. The van der Waals surface area contributed by atoms with Gasteiger partial charge < -0.3 is 16.1 Å². The second kappa shape index (κ2) is 31.0. The van der Waals surface area contributed by atoms with Crippen LogP contribution in [0.1, 0.15) is 25.3 Å². The fourth-order valence-corrected chi connectivity index (χ4v) is 0.202. The minimum absolute atomic E-state index is 0. The molecule has 0 saturated carbocycles. The molecule has 0 spiro atoms. The maximum Gasteiger partial charge on any atom is 2.00 e. The number of carbonyl (C=O) groups excluding carboxylic acids is 2. The Bertz CT molecular complexity index is 125. The fraction of sp³-hybridized carbons (Fsp3) is 0.500. The molecule has 0 N–H and O–H groups in total. The van der Waals surface area contributed by atoms with Gasteiger partial charge in [0.1, 0.15) is 0 Å². The second-order valence-corrected chi connectivity index (χ2v) is 1.09. The van der Waals surface area contributed by atoms with Crippen molar-refractivity contribution >= 4 is 87.4 Å². The van der Waals surface area contributed by atoms with E-state index in [2.05, 4.69) is 4.74 Å². The first-order valence-corrected chi connectivity index (χ1v) is 1.82. The van der Waals surface area contributed by atoms with E-state index in [0.717, 1.165) is 0 Å². The van der Waals surface area contributed by atoms with Crippen LogP contribution in [0.15, 0.2) is 0 Å². The van der Waals surface area contributed by atoms with Crippen molar-refractivity contribution in [1.82, 2.24) is 0 Å². The van der Waals surface area contributed by atoms with Crippen molar-refractivity contribution in [3.63, 3.8) is 0 Å². The Balaban J connectivity index is -0.00000000198. The van der Waals surface area contributed by atoms with Gasteiger partial charge in [-0.25, -0.2) is 0 Å². The first-order valence-electron chi connectivity index (χ1n) is 1.82. The van der Waals surface area contributed by atoms with E-state index in [0.29, 0.717) is 0 Å². The zero-order chi connectivity index (χ0) is 5.86. The summed E-state index contributed by atoms with van der Waals surface area (Å²) < 4.78 is 3.97. The molecule has 0 aliphatic heterocycles. The van der Waals surface area contributed by atoms with Crippen LogP contribution in [0.25, 0.3) is 0 Å². The van der Waals surface area contributed by atoms with Gasteiger partial charge in [0.25, 0.3) is 0 Å². The SMILES string of the molecule is CC(=O)OC(C)=O.[Ca+2].[Ca+2].[H-].[H-].[H-].[H-].[H-].[H-].[H-].[H-].[K+].[Na+].[Na+].[Na+]. The van der Waals surface area contributed by atoms with Gasteiger partial charge in [0.05, 0.1) is 0 Å². The van der Waals surface area contributed by atoms with Gasteiger partial charge >= 0.3 is 227 Å². The number of hydrogen-bond acceptors (Lipinski definition) is 3. The Labute approximate surface area is 260 Å². The summed E-state index contributed by atoms with van der Waals surface area (Å²) in [5, 5.41) is 0. The van der Waals surface area contributed by atoms with Crippen molar-refractivity contribution < 1.29 is 166 Å². The van der Waals surface area contributed by atoms with Crippen molar-refractivity contribution in [3.05, 3.63) is 0 Å². The Morgan fingerprint density at radius 2 is 1.08 bits per heavy atom. The van der Waals surface area contributed by atoms with Crippen LogP contribution in [-0.2, 0) is 14.3 Å². The maximum absolute atomic E-state index is 9.81. The molecule has 56 valence electrons. The molecule has 0 bridgehead atoms. The van der Waals surface area contributed by atoms with Gasteiger partial charge in [-0.05, 0) is 0 Å². The molecule has 0 rings (SSSR count). The standard InChI is InChI=1S/C4H6O3.2Ca.K.3Na.8H/c1-3(5)7-4(2)6;;;;;;;;;;;;;;/h1-2H3;;;;;;;;;;;;;;/q;2*+2;4*+1;8*-1. The maximum atomic E-state index is 9.81. The van der Waals surface area contributed by atoms with E-state index in [9.17, 15) is 9.59 Å². The largest absolute Gasteiger partial charge is 2.00 e. The molecule has 3 nitrogen and oxygen atoms in total. The molecule has 0 heterocycles. The Hall–Kier alpha value is 6.30. The van der Waals surface area contributed by atoms with Crippen LogP contribution in [0.4, 0.5) is 0 Å². The molecule has 0 saturated heterocycles. The van der Waals surface area contributed by atoms with E-state index >= 15 is 0 Å². The molecule has 0 aliphatic carbocycles. The topological polar surface area (TPSA) is 43.4 Å². The second-order valence-electron chi connectivity index (χ2n) is 1.09. The number of hydrogen-bond donors (Lipinski definition) is 0. The van der Waals surface area contributed by atoms with Crippen molar-refractivity contribution in [1.29, 1.82) is 0 Å². The van der Waals surface area contributed by atoms with Gasteiger partial charge in [-0.15, -0.1) is 0 Å². The molecule has 0 amide bonds. The van der Waals surface area contributed by atoms with Crippen molar-refractivity contribution in [2.24, 2.45) is 0 Å². The van der Waals surface area contributed by atoms with Crippen LogP contribution >= 0.6 is 0 Å². The number of rotatable bonds is 0. The average molecular weight is 298 g/mol. The van der Waals surface area contributed by atoms with Crippen molar-refractivity contribution in [2.75, 3.05) is 0 Å². The van der Waals surface area contributed by atoms with Crippen molar-refractivity contribution in [2.45, 2.75) is 13.8 Å². The minimum atomic E-state index is -0.562. The Morgan fingerprint density at radius 1 is 0.923 bits per heavy atom. The van der Waals surface area contributed by atoms with Crippen molar-refractivity contribution in [3.8, 4) is 0 Å². The molecule has 0 unspecified atom stereocenters. The average Bonchev–Trinajstić information content (AvgIpc) is 1.27. The molecule has 9 heteroatoms. The monoisotopic (exact) mass is 298 g/mol. The van der Waals surface area contributed by atoms with E-state index in [-0.39, 0.29) is 227 Å². The molecule has 13 heavy (non-hydrogen) atoms. The quantitative estimate of drug-likeness (QED) is 0.253. The Morgan fingerprint density at radius 3 is 1.08 bits per heavy atom. The number of esters is 2. The molecule has 0 radical (unpaired) electrons. The normalized spacial score (nSPS) is 4.15. The fourth-order valence-electron chi connectivity index (χ4n) is 0.202. The summed E-state index contributed by atoms with van der Waals surface area (Å²) in [6.45, 7) is 2.36. The van der Waals surface area contributed by atoms with Gasteiger partial charge in [-0.2, -0.15) is 0 Å². The van der Waals surface area contributed by atoms with E-state index in [1.807, 2.05) is 0 Å². The summed E-state index contributed by atoms with van der Waals surface area (Å²) in [5.41, 5.74) is 0. The van der Waals surface area contributed by atoms with E-state index < -0.39 is 11.9 Å². The first kappa shape index (κ1) is 42.7. The summed E-state index contributed by atoms with van der Waals surface area (Å²) in [6.07, 6.45) is 0. The Kier molecular flexibility index (Phi) is 102. The van der Waals surface area contributed by atoms with E-state index in [1.165, 1.54) is 13.8 Å². The summed E-state index contributed by atoms with van der Waals surface area (Å²) in [7, 11) is 0. The summed E-state index contributed by atoms with van der Waals surface area (Å²) in [5.74, 6) is -1.12. The molecule has 0 atom stereocenters. The molecule has 0 aliphatic rings. The predicted molar refractivity (Wildman–Crippen MR) is 42.9 cm³/mol. The van der Waals surface area contributed by atoms with Crippen LogP contribution in [-0.4, -0.2) is 87.4 Å². The van der Waals surface area contributed by atoms with Gasteiger partial charge in [-0.3, -0.25) is 9.59 Å². The smallest absolute Gasteiger partial charge is 1.00 e. The summed E-state index contributed by atoms with van der Waals surface area (Å²) >= 11 is 0. The minimum Gasteiger partial charge on any atom is -1.00 e. The van der Waals surface area contributed by atoms with Crippen LogP contribution < -0.4 is 140 Å². The van der Waals surface area contributed by atoms with Gasteiger partial charge in [-0.1, -0.05) is 0 Å². The zero-order valence-electron chi connectivity index (χ0n) is 17.6. The number of ether oxygens (including phenoxy) is 1. The van der Waals surface area contributed by atoms with Crippen LogP contribution in [0.2, 0.25) is 0 Å².